The Kier molecular flexibility index (Phi) is 7.59. The first-order valence-corrected chi connectivity index (χ1v) is 9.21. The van der Waals surface area contributed by atoms with Crippen LogP contribution in [0.1, 0.15) is 19.3 Å². The number of carbonyl (C=O) groups is 1. The van der Waals surface area contributed by atoms with Crippen molar-refractivity contribution in [3.05, 3.63) is 0 Å². The van der Waals surface area contributed by atoms with Crippen LogP contribution in [0.15, 0.2) is 0 Å². The van der Waals surface area contributed by atoms with Crippen LogP contribution in [0.25, 0.3) is 0 Å². The van der Waals surface area contributed by atoms with Gasteiger partial charge >= 0.3 is 35.8 Å². The van der Waals surface area contributed by atoms with Gasteiger partial charge < -0.3 is 4.90 Å². The van der Waals surface area contributed by atoms with E-state index in [0.717, 1.165) is 0 Å². The Bertz CT molecular complexity index is 619. The average molecular weight is 491 g/mol. The number of likely N-dealkylation sites (tertiary alicyclic amines) is 1. The summed E-state index contributed by atoms with van der Waals surface area (Å²) in [5.41, 5.74) is 0. The van der Waals surface area contributed by atoms with Crippen LogP contribution >= 0.6 is 11.8 Å². The number of carbonyl (C=O) groups excluding carboxylic acids is 1. The van der Waals surface area contributed by atoms with Gasteiger partial charge in [-0.2, -0.15) is 68.8 Å². The largest absolute Gasteiger partial charge is 0.460 e. The van der Waals surface area contributed by atoms with Crippen molar-refractivity contribution in [3.8, 4) is 0 Å². The molecular weight excluding hydrogens is 477 g/mol. The highest BCUT2D eigenvalue weighted by atomic mass is 32.2. The van der Waals surface area contributed by atoms with Gasteiger partial charge in [-0.15, -0.1) is 0 Å². The molecule has 0 atom stereocenters. The number of nitrogens with zero attached hydrogens (tertiary/aromatic N) is 1. The fraction of sp³-hybridized carbons (Fsp3) is 0.929. The lowest BCUT2D eigenvalue weighted by Crippen LogP contribution is -2.70. The highest BCUT2D eigenvalue weighted by Crippen LogP contribution is 2.60. The molecule has 0 bridgehead atoms. The molecule has 0 aromatic carbocycles. The maximum absolute atomic E-state index is 13.5. The molecule has 1 rings (SSSR count). The van der Waals surface area contributed by atoms with E-state index in [4.69, 9.17) is 0 Å². The van der Waals surface area contributed by atoms with Crippen LogP contribution in [0, 0.1) is 0 Å². The molecule has 0 aromatic heterocycles. The van der Waals surface area contributed by atoms with Gasteiger partial charge in [-0.25, -0.2) is 0 Å². The van der Waals surface area contributed by atoms with Crippen molar-refractivity contribution in [1.29, 1.82) is 0 Å². The van der Waals surface area contributed by atoms with Crippen LogP contribution in [-0.4, -0.2) is 71.2 Å². The van der Waals surface area contributed by atoms with Crippen LogP contribution in [-0.2, 0) is 4.79 Å². The lowest BCUT2D eigenvalue weighted by Gasteiger charge is -2.39. The highest BCUT2D eigenvalue weighted by Gasteiger charge is 2.90. The molecule has 0 aliphatic carbocycles. The van der Waals surface area contributed by atoms with Crippen LogP contribution in [0.4, 0.5) is 57.1 Å². The van der Waals surface area contributed by atoms with Crippen LogP contribution in [0.2, 0.25) is 0 Å². The third-order valence-electron chi connectivity index (χ3n) is 4.24. The number of hydrogen-bond acceptors (Lipinski definition) is 2. The molecule has 1 aliphatic rings. The molecule has 0 radical (unpaired) electrons. The molecule has 1 saturated heterocycles. The summed E-state index contributed by atoms with van der Waals surface area (Å²) in [7, 11) is 0. The molecule has 0 saturated carbocycles. The van der Waals surface area contributed by atoms with E-state index in [-0.39, 0.29) is 24.6 Å². The van der Waals surface area contributed by atoms with Crippen molar-refractivity contribution in [2.45, 2.75) is 55.1 Å². The Morgan fingerprint density at radius 1 is 0.733 bits per heavy atom. The first-order chi connectivity index (χ1) is 13.2. The van der Waals surface area contributed by atoms with Crippen molar-refractivity contribution < 1.29 is 61.9 Å². The predicted octanol–water partition coefficient (Wildman–Crippen LogP) is 5.47. The quantitative estimate of drug-likeness (QED) is 0.299. The molecular formula is C14H14F13NOS. The molecule has 0 aromatic rings. The van der Waals surface area contributed by atoms with Gasteiger partial charge in [-0.3, -0.25) is 4.79 Å². The van der Waals surface area contributed by atoms with E-state index in [1.807, 2.05) is 0 Å². The SMILES string of the molecule is O=C1CCCN1CCSCCC(F)(F)C(F)(F)C(F)(F)C(F)(F)C(F)(F)C(F)(F)F. The maximum atomic E-state index is 13.5. The van der Waals surface area contributed by atoms with Crippen molar-refractivity contribution >= 4 is 17.7 Å². The van der Waals surface area contributed by atoms with Gasteiger partial charge in [-0.05, 0) is 12.2 Å². The van der Waals surface area contributed by atoms with Gasteiger partial charge in [-0.1, -0.05) is 0 Å². The molecule has 1 aliphatic heterocycles. The lowest BCUT2D eigenvalue weighted by atomic mass is 9.93. The van der Waals surface area contributed by atoms with Crippen LogP contribution < -0.4 is 0 Å². The lowest BCUT2D eigenvalue weighted by molar-refractivity contribution is -0.439. The molecule has 30 heavy (non-hydrogen) atoms. The maximum Gasteiger partial charge on any atom is 0.460 e. The van der Waals surface area contributed by atoms with E-state index >= 15 is 0 Å². The van der Waals surface area contributed by atoms with Gasteiger partial charge in [0.2, 0.25) is 5.91 Å². The first-order valence-electron chi connectivity index (χ1n) is 8.05. The molecule has 0 unspecified atom stereocenters. The molecule has 0 N–H and O–H groups in total. The van der Waals surface area contributed by atoms with Crippen LogP contribution in [0.3, 0.4) is 0 Å². The van der Waals surface area contributed by atoms with Gasteiger partial charge in [0, 0.05) is 31.7 Å². The zero-order valence-electron chi connectivity index (χ0n) is 14.6. The summed E-state index contributed by atoms with van der Waals surface area (Å²) >= 11 is 0.445. The molecule has 1 amide bonds. The van der Waals surface area contributed by atoms with Crippen molar-refractivity contribution in [3.63, 3.8) is 0 Å². The first kappa shape index (κ1) is 26.9. The smallest absolute Gasteiger partial charge is 0.342 e. The summed E-state index contributed by atoms with van der Waals surface area (Å²) in [5, 5.41) is 0. The second kappa shape index (κ2) is 8.45. The monoisotopic (exact) mass is 491 g/mol. The highest BCUT2D eigenvalue weighted by molar-refractivity contribution is 7.99. The van der Waals surface area contributed by atoms with Gasteiger partial charge in [0.05, 0.1) is 0 Å². The molecule has 0 spiro atoms. The molecule has 1 heterocycles. The minimum atomic E-state index is -7.87. The molecule has 178 valence electrons. The van der Waals surface area contributed by atoms with Gasteiger partial charge in [0.15, 0.2) is 0 Å². The van der Waals surface area contributed by atoms with Crippen LogP contribution in [0.5, 0.6) is 0 Å². The predicted molar refractivity (Wildman–Crippen MR) is 78.5 cm³/mol. The zero-order valence-corrected chi connectivity index (χ0v) is 15.4. The van der Waals surface area contributed by atoms with E-state index in [0.29, 0.717) is 24.7 Å². The van der Waals surface area contributed by atoms with Gasteiger partial charge in [0.25, 0.3) is 0 Å². The number of amides is 1. The van der Waals surface area contributed by atoms with E-state index < -0.39 is 48.0 Å². The number of rotatable bonds is 10. The Balaban J connectivity index is 2.85. The fourth-order valence-corrected chi connectivity index (χ4v) is 3.33. The Morgan fingerprint density at radius 2 is 1.23 bits per heavy atom. The van der Waals surface area contributed by atoms with E-state index in [9.17, 15) is 61.9 Å². The third-order valence-corrected chi connectivity index (χ3v) is 5.20. The summed E-state index contributed by atoms with van der Waals surface area (Å²) < 4.78 is 168. The Hall–Kier alpha value is -1.09. The fourth-order valence-electron chi connectivity index (χ4n) is 2.38. The Morgan fingerprint density at radius 3 is 1.67 bits per heavy atom. The van der Waals surface area contributed by atoms with Crippen molar-refractivity contribution in [2.24, 2.45) is 0 Å². The average Bonchev–Trinajstić information content (AvgIpc) is 2.97. The van der Waals surface area contributed by atoms with E-state index in [1.54, 1.807) is 0 Å². The zero-order chi connectivity index (χ0) is 23.8. The Labute approximate surface area is 165 Å². The summed E-state index contributed by atoms with van der Waals surface area (Å²) in [6.45, 7) is 0.347. The van der Waals surface area contributed by atoms with E-state index in [1.165, 1.54) is 4.90 Å². The standard InChI is InChI=1S/C14H14F13NOS/c15-9(16,3-6-30-7-5-28-4-1-2-8(28)29)10(17,18)11(19,20)12(21,22)13(23,24)14(25,26)27/h1-7H2. The summed E-state index contributed by atoms with van der Waals surface area (Å²) in [5.74, 6) is -38.0. The normalized spacial score (nSPS) is 17.8. The topological polar surface area (TPSA) is 20.3 Å². The molecule has 1 fully saturated rings. The van der Waals surface area contributed by atoms with E-state index in [2.05, 4.69) is 0 Å². The third kappa shape index (κ3) is 4.56. The second-order valence-corrected chi connectivity index (χ2v) is 7.57. The number of hydrogen-bond donors (Lipinski definition) is 0. The summed E-state index contributed by atoms with van der Waals surface area (Å²) in [6.07, 6.45) is -8.86. The summed E-state index contributed by atoms with van der Waals surface area (Å²) in [4.78, 5) is 12.6. The summed E-state index contributed by atoms with van der Waals surface area (Å²) in [6, 6.07) is 0. The minimum absolute atomic E-state index is 0.00248. The second-order valence-electron chi connectivity index (χ2n) is 6.35. The molecule has 2 nitrogen and oxygen atoms in total. The van der Waals surface area contributed by atoms with Crippen molar-refractivity contribution in [1.82, 2.24) is 4.90 Å². The number of thioether (sulfide) groups is 1. The van der Waals surface area contributed by atoms with Gasteiger partial charge in [0.1, 0.15) is 0 Å². The number of alkyl halides is 13. The van der Waals surface area contributed by atoms with Crippen molar-refractivity contribution in [2.75, 3.05) is 24.6 Å². The molecule has 16 heteroatoms. The minimum Gasteiger partial charge on any atom is -0.342 e. The number of halogens is 13.